The average Bonchev–Trinajstić information content (AvgIpc) is 2.99. The van der Waals surface area contributed by atoms with Crippen LogP contribution in [0.3, 0.4) is 0 Å². The van der Waals surface area contributed by atoms with E-state index in [1.165, 1.54) is 10.7 Å². The molecule has 3 heterocycles. The second kappa shape index (κ2) is 6.88. The van der Waals surface area contributed by atoms with E-state index < -0.39 is 4.92 Å². The number of anilines is 1. The molecule has 0 aliphatic carbocycles. The van der Waals surface area contributed by atoms with Gasteiger partial charge in [0.2, 0.25) is 5.65 Å². The molecule has 0 amide bonds. The molecule has 1 aliphatic rings. The molecule has 0 bridgehead atoms. The number of ether oxygens (including phenoxy) is 1. The highest BCUT2D eigenvalue weighted by Gasteiger charge is 2.18. The predicted molar refractivity (Wildman–Crippen MR) is 84.6 cm³/mol. The fraction of sp³-hybridized carbons (Fsp3) is 0.571. The van der Waals surface area contributed by atoms with Crippen LogP contribution in [0.1, 0.15) is 12.8 Å². The summed E-state index contributed by atoms with van der Waals surface area (Å²) in [6.07, 6.45) is 3.71. The van der Waals surface area contributed by atoms with Crippen molar-refractivity contribution in [3.05, 3.63) is 28.4 Å². The first-order valence-corrected chi connectivity index (χ1v) is 7.65. The Bertz CT molecular complexity index is 680. The Hall–Kier alpha value is -2.26. The number of fused-ring (bicyclic) bond motifs is 1. The van der Waals surface area contributed by atoms with E-state index in [1.54, 1.807) is 19.2 Å². The molecule has 23 heavy (non-hydrogen) atoms. The first-order valence-electron chi connectivity index (χ1n) is 7.65. The largest absolute Gasteiger partial charge is 0.381 e. The Morgan fingerprint density at radius 3 is 2.91 bits per heavy atom. The summed E-state index contributed by atoms with van der Waals surface area (Å²) in [4.78, 5) is 16.8. The normalized spacial score (nSPS) is 16.7. The van der Waals surface area contributed by atoms with Crippen molar-refractivity contribution in [2.75, 3.05) is 38.6 Å². The Balaban J connectivity index is 1.55. The summed E-state index contributed by atoms with van der Waals surface area (Å²) in [5.41, 5.74) is 0.462. The summed E-state index contributed by atoms with van der Waals surface area (Å²) in [6.45, 7) is 3.69. The Labute approximate surface area is 133 Å². The monoisotopic (exact) mass is 320 g/mol. The molecule has 0 saturated carbocycles. The molecule has 1 saturated heterocycles. The molecule has 0 atom stereocenters. The number of nitro groups is 1. The number of hydrogen-bond donors (Lipinski definition) is 1. The number of hydrogen-bond acceptors (Lipinski definition) is 7. The van der Waals surface area contributed by atoms with E-state index in [1.807, 2.05) is 0 Å². The van der Waals surface area contributed by atoms with Gasteiger partial charge in [0.05, 0.1) is 6.10 Å². The van der Waals surface area contributed by atoms with Crippen LogP contribution in [0, 0.1) is 10.1 Å². The van der Waals surface area contributed by atoms with Crippen LogP contribution in [0.2, 0.25) is 0 Å². The second-order valence-electron chi connectivity index (χ2n) is 5.57. The van der Waals surface area contributed by atoms with Crippen molar-refractivity contribution in [2.45, 2.75) is 18.9 Å². The zero-order valence-corrected chi connectivity index (χ0v) is 13.0. The summed E-state index contributed by atoms with van der Waals surface area (Å²) in [7, 11) is 1.76. The minimum absolute atomic E-state index is 0.134. The van der Waals surface area contributed by atoms with E-state index in [0.29, 0.717) is 17.6 Å². The van der Waals surface area contributed by atoms with Gasteiger partial charge >= 0.3 is 5.82 Å². The third-order valence-corrected chi connectivity index (χ3v) is 4.13. The van der Waals surface area contributed by atoms with E-state index in [4.69, 9.17) is 4.74 Å². The molecular weight excluding hydrogens is 300 g/mol. The fourth-order valence-electron chi connectivity index (χ4n) is 2.79. The van der Waals surface area contributed by atoms with Gasteiger partial charge in [0.1, 0.15) is 6.20 Å². The summed E-state index contributed by atoms with van der Waals surface area (Å²) in [5.74, 6) is 0.468. The molecule has 0 radical (unpaired) electrons. The summed E-state index contributed by atoms with van der Waals surface area (Å²) < 4.78 is 6.60. The number of piperidine rings is 1. The van der Waals surface area contributed by atoms with Crippen molar-refractivity contribution in [3.63, 3.8) is 0 Å². The van der Waals surface area contributed by atoms with Gasteiger partial charge in [0.15, 0.2) is 5.82 Å². The highest BCUT2D eigenvalue weighted by atomic mass is 16.6. The maximum atomic E-state index is 10.9. The third kappa shape index (κ3) is 3.57. The quantitative estimate of drug-likeness (QED) is 0.630. The number of likely N-dealkylation sites (tertiary alicyclic amines) is 1. The number of nitrogens with zero attached hydrogens (tertiary/aromatic N) is 5. The lowest BCUT2D eigenvalue weighted by atomic mass is 10.1. The molecule has 0 aromatic carbocycles. The first-order chi connectivity index (χ1) is 11.2. The topological polar surface area (TPSA) is 97.8 Å². The molecule has 2 aromatic rings. The fourth-order valence-corrected chi connectivity index (χ4v) is 2.79. The average molecular weight is 320 g/mol. The third-order valence-electron chi connectivity index (χ3n) is 4.13. The van der Waals surface area contributed by atoms with Gasteiger partial charge < -0.3 is 25.1 Å². The number of rotatable bonds is 6. The van der Waals surface area contributed by atoms with E-state index in [-0.39, 0.29) is 5.82 Å². The molecular formula is C14H20N6O3. The minimum atomic E-state index is -0.489. The van der Waals surface area contributed by atoms with Gasteiger partial charge in [-0.2, -0.15) is 0 Å². The Morgan fingerprint density at radius 2 is 2.22 bits per heavy atom. The molecule has 1 fully saturated rings. The van der Waals surface area contributed by atoms with Gasteiger partial charge in [-0.25, -0.2) is 4.98 Å². The van der Waals surface area contributed by atoms with Crippen molar-refractivity contribution in [1.29, 1.82) is 0 Å². The smallest absolute Gasteiger partial charge is 0.368 e. The summed E-state index contributed by atoms with van der Waals surface area (Å²) in [5, 5.41) is 18.4. The Kier molecular flexibility index (Phi) is 4.68. The molecule has 1 aliphatic heterocycles. The second-order valence-corrected chi connectivity index (χ2v) is 5.57. The van der Waals surface area contributed by atoms with Crippen LogP contribution in [-0.2, 0) is 4.74 Å². The van der Waals surface area contributed by atoms with Crippen molar-refractivity contribution in [1.82, 2.24) is 19.5 Å². The van der Waals surface area contributed by atoms with Gasteiger partial charge in [-0.1, -0.05) is 9.61 Å². The van der Waals surface area contributed by atoms with Crippen LogP contribution in [0.15, 0.2) is 18.3 Å². The van der Waals surface area contributed by atoms with Gasteiger partial charge in [-0.05, 0) is 23.8 Å². The molecule has 2 aromatic heterocycles. The molecule has 1 N–H and O–H groups in total. The zero-order chi connectivity index (χ0) is 16.2. The van der Waals surface area contributed by atoms with Gasteiger partial charge in [0, 0.05) is 39.4 Å². The van der Waals surface area contributed by atoms with Crippen molar-refractivity contribution in [2.24, 2.45) is 0 Å². The van der Waals surface area contributed by atoms with Crippen molar-refractivity contribution < 1.29 is 9.66 Å². The van der Waals surface area contributed by atoms with Crippen LogP contribution in [0.25, 0.3) is 5.65 Å². The molecule has 9 heteroatoms. The standard InChI is InChI=1S/C14H20N6O3/c1-23-11-4-7-18(8-5-11)9-6-15-12-2-3-13-16-10-14(20(21)22)19(13)17-12/h2-3,10-11H,4-9H2,1H3,(H,15,17). The highest BCUT2D eigenvalue weighted by molar-refractivity contribution is 5.48. The van der Waals surface area contributed by atoms with E-state index >= 15 is 0 Å². The number of nitrogens with one attached hydrogen (secondary N) is 1. The lowest BCUT2D eigenvalue weighted by Crippen LogP contribution is -2.39. The van der Waals surface area contributed by atoms with Crippen molar-refractivity contribution >= 4 is 17.3 Å². The summed E-state index contributed by atoms with van der Waals surface area (Å²) >= 11 is 0. The van der Waals surface area contributed by atoms with Gasteiger partial charge in [-0.3, -0.25) is 0 Å². The SMILES string of the molecule is COC1CCN(CCNc2ccc3ncc([N+](=O)[O-])n3n2)CC1. The number of imidazole rings is 1. The van der Waals surface area contributed by atoms with Crippen LogP contribution in [0.5, 0.6) is 0 Å². The van der Waals surface area contributed by atoms with Crippen LogP contribution in [0.4, 0.5) is 11.6 Å². The van der Waals surface area contributed by atoms with E-state index in [0.717, 1.165) is 39.0 Å². The highest BCUT2D eigenvalue weighted by Crippen LogP contribution is 2.15. The molecule has 9 nitrogen and oxygen atoms in total. The van der Waals surface area contributed by atoms with E-state index in [2.05, 4.69) is 20.3 Å². The minimum Gasteiger partial charge on any atom is -0.381 e. The lowest BCUT2D eigenvalue weighted by Gasteiger charge is -2.31. The summed E-state index contributed by atoms with van der Waals surface area (Å²) in [6, 6.07) is 3.50. The van der Waals surface area contributed by atoms with Crippen molar-refractivity contribution in [3.8, 4) is 0 Å². The number of aromatic nitrogens is 3. The first kappa shape index (κ1) is 15.6. The van der Waals surface area contributed by atoms with Gasteiger partial charge in [-0.15, -0.1) is 0 Å². The van der Waals surface area contributed by atoms with Gasteiger partial charge in [0.25, 0.3) is 0 Å². The molecule has 0 spiro atoms. The Morgan fingerprint density at radius 1 is 1.43 bits per heavy atom. The molecule has 3 rings (SSSR count). The van der Waals surface area contributed by atoms with E-state index in [9.17, 15) is 10.1 Å². The number of methoxy groups -OCH3 is 1. The maximum absolute atomic E-state index is 10.9. The maximum Gasteiger partial charge on any atom is 0.368 e. The van der Waals surface area contributed by atoms with Crippen LogP contribution in [-0.4, -0.2) is 63.8 Å². The van der Waals surface area contributed by atoms with Crippen LogP contribution >= 0.6 is 0 Å². The lowest BCUT2D eigenvalue weighted by molar-refractivity contribution is -0.391. The predicted octanol–water partition coefficient (Wildman–Crippen LogP) is 1.16. The van der Waals surface area contributed by atoms with Crippen LogP contribution < -0.4 is 5.32 Å². The molecule has 124 valence electrons. The molecule has 0 unspecified atom stereocenters. The zero-order valence-electron chi connectivity index (χ0n) is 13.0.